The highest BCUT2D eigenvalue weighted by molar-refractivity contribution is 5.79. The smallest absolute Gasteiger partial charge is 0.422 e. The van der Waals surface area contributed by atoms with E-state index in [2.05, 4.69) is 15.6 Å². The molecule has 128 valence electrons. The number of aliphatic imine (C=N–C) groups is 1. The second kappa shape index (κ2) is 8.08. The van der Waals surface area contributed by atoms with Gasteiger partial charge in [-0.25, -0.2) is 4.99 Å². The van der Waals surface area contributed by atoms with Gasteiger partial charge < -0.3 is 15.4 Å². The molecule has 2 N–H and O–H groups in total. The van der Waals surface area contributed by atoms with E-state index in [1.807, 2.05) is 13.0 Å². The fraction of sp³-hybridized carbons (Fsp3) is 0.562. The molecular formula is C16H22F3N3O. The summed E-state index contributed by atoms with van der Waals surface area (Å²) in [5, 5.41) is 6.43. The van der Waals surface area contributed by atoms with Crippen molar-refractivity contribution >= 4 is 5.96 Å². The van der Waals surface area contributed by atoms with Gasteiger partial charge in [-0.3, -0.25) is 0 Å². The first kappa shape index (κ1) is 17.4. The van der Waals surface area contributed by atoms with Crippen LogP contribution in [0.3, 0.4) is 0 Å². The topological polar surface area (TPSA) is 45.7 Å². The number of ether oxygens (including phenoxy) is 1. The van der Waals surface area contributed by atoms with Gasteiger partial charge in [0.25, 0.3) is 0 Å². The molecule has 1 fully saturated rings. The maximum absolute atomic E-state index is 12.2. The van der Waals surface area contributed by atoms with Crippen molar-refractivity contribution in [1.29, 1.82) is 0 Å². The summed E-state index contributed by atoms with van der Waals surface area (Å²) in [5.41, 5.74) is 0.799. The molecule has 0 spiro atoms. The molecule has 0 amide bonds. The molecule has 1 aliphatic rings. The molecule has 1 aliphatic carbocycles. The van der Waals surface area contributed by atoms with Gasteiger partial charge in [-0.15, -0.1) is 0 Å². The van der Waals surface area contributed by atoms with Gasteiger partial charge in [0, 0.05) is 13.1 Å². The average Bonchev–Trinajstić information content (AvgIpc) is 3.32. The first-order valence-corrected chi connectivity index (χ1v) is 7.77. The van der Waals surface area contributed by atoms with Crippen molar-refractivity contribution in [1.82, 2.24) is 10.6 Å². The summed E-state index contributed by atoms with van der Waals surface area (Å²) in [4.78, 5) is 4.45. The molecule has 1 aromatic rings. The van der Waals surface area contributed by atoms with Crippen molar-refractivity contribution < 1.29 is 17.9 Å². The predicted molar refractivity (Wildman–Crippen MR) is 83.5 cm³/mol. The second-order valence-electron chi connectivity index (χ2n) is 5.57. The van der Waals surface area contributed by atoms with Crippen LogP contribution in [0, 0.1) is 5.92 Å². The molecule has 0 radical (unpaired) electrons. The Hall–Kier alpha value is -1.92. The Labute approximate surface area is 134 Å². The van der Waals surface area contributed by atoms with E-state index in [1.165, 1.54) is 18.9 Å². The first-order chi connectivity index (χ1) is 11.0. The van der Waals surface area contributed by atoms with Crippen LogP contribution >= 0.6 is 0 Å². The van der Waals surface area contributed by atoms with Crippen LogP contribution in [-0.4, -0.2) is 31.8 Å². The number of benzene rings is 1. The van der Waals surface area contributed by atoms with Crippen LogP contribution in [0.15, 0.2) is 29.3 Å². The van der Waals surface area contributed by atoms with Crippen LogP contribution in [0.2, 0.25) is 0 Å². The number of hydrogen-bond donors (Lipinski definition) is 2. The second-order valence-corrected chi connectivity index (χ2v) is 5.57. The molecule has 0 bridgehead atoms. The van der Waals surface area contributed by atoms with Crippen molar-refractivity contribution in [2.45, 2.75) is 32.5 Å². The molecule has 1 saturated carbocycles. The zero-order chi connectivity index (χ0) is 16.7. The summed E-state index contributed by atoms with van der Waals surface area (Å²) in [6, 6.07) is 6.57. The molecule has 0 aliphatic heterocycles. The van der Waals surface area contributed by atoms with Crippen molar-refractivity contribution in [3.05, 3.63) is 29.8 Å². The van der Waals surface area contributed by atoms with Gasteiger partial charge in [0.15, 0.2) is 12.6 Å². The molecule has 4 nitrogen and oxygen atoms in total. The highest BCUT2D eigenvalue weighted by Crippen LogP contribution is 2.27. The minimum atomic E-state index is -4.33. The third-order valence-electron chi connectivity index (χ3n) is 3.32. The van der Waals surface area contributed by atoms with Crippen LogP contribution in [-0.2, 0) is 6.54 Å². The molecule has 0 heterocycles. The van der Waals surface area contributed by atoms with Crippen LogP contribution in [0.25, 0.3) is 0 Å². The molecule has 1 aromatic carbocycles. The Morgan fingerprint density at radius 1 is 1.30 bits per heavy atom. The molecule has 0 saturated heterocycles. The van der Waals surface area contributed by atoms with Crippen molar-refractivity contribution in [3.8, 4) is 5.75 Å². The Balaban J connectivity index is 1.90. The maximum Gasteiger partial charge on any atom is 0.422 e. The Kier molecular flexibility index (Phi) is 6.12. The standard InChI is InChI=1S/C16H22F3N3O/c1-2-20-15(21-9-12-6-7-12)22-10-13-4-3-5-14(8-13)23-11-16(17,18)19/h3-5,8,12H,2,6-7,9-11H2,1H3,(H2,20,21,22). The molecule has 23 heavy (non-hydrogen) atoms. The van der Waals surface area contributed by atoms with Crippen molar-refractivity contribution in [2.75, 3.05) is 19.7 Å². The maximum atomic E-state index is 12.2. The summed E-state index contributed by atoms with van der Waals surface area (Å²) in [7, 11) is 0. The number of hydrogen-bond acceptors (Lipinski definition) is 2. The van der Waals surface area contributed by atoms with Gasteiger partial charge in [-0.1, -0.05) is 12.1 Å². The van der Waals surface area contributed by atoms with E-state index in [1.54, 1.807) is 12.1 Å². The van der Waals surface area contributed by atoms with Crippen LogP contribution in [0.1, 0.15) is 25.3 Å². The lowest BCUT2D eigenvalue weighted by Gasteiger charge is -2.11. The molecule has 7 heteroatoms. The number of halogens is 3. The summed E-state index contributed by atoms with van der Waals surface area (Å²) in [5.74, 6) is 1.66. The monoisotopic (exact) mass is 329 g/mol. The van der Waals surface area contributed by atoms with E-state index >= 15 is 0 Å². The van der Waals surface area contributed by atoms with Gasteiger partial charge >= 0.3 is 6.18 Å². The molecular weight excluding hydrogens is 307 g/mol. The fourth-order valence-electron chi connectivity index (χ4n) is 1.97. The van der Waals surface area contributed by atoms with Gasteiger partial charge in [-0.05, 0) is 43.4 Å². The highest BCUT2D eigenvalue weighted by atomic mass is 19.4. The molecule has 0 unspecified atom stereocenters. The lowest BCUT2D eigenvalue weighted by Crippen LogP contribution is -2.38. The molecule has 2 rings (SSSR count). The first-order valence-electron chi connectivity index (χ1n) is 7.77. The normalized spacial score (nSPS) is 15.4. The number of alkyl halides is 3. The largest absolute Gasteiger partial charge is 0.484 e. The van der Waals surface area contributed by atoms with Crippen LogP contribution in [0.4, 0.5) is 13.2 Å². The lowest BCUT2D eigenvalue weighted by molar-refractivity contribution is -0.153. The number of nitrogens with one attached hydrogen (secondary N) is 2. The summed E-state index contributed by atoms with van der Waals surface area (Å²) in [6.07, 6.45) is -1.82. The van der Waals surface area contributed by atoms with E-state index in [0.29, 0.717) is 6.54 Å². The summed E-state index contributed by atoms with van der Waals surface area (Å²) >= 11 is 0. The zero-order valence-corrected chi connectivity index (χ0v) is 13.1. The fourth-order valence-corrected chi connectivity index (χ4v) is 1.97. The third kappa shape index (κ3) is 7.25. The molecule has 0 aromatic heterocycles. The van der Waals surface area contributed by atoms with Gasteiger partial charge in [0.1, 0.15) is 5.75 Å². The van der Waals surface area contributed by atoms with Crippen molar-refractivity contribution in [2.24, 2.45) is 10.9 Å². The van der Waals surface area contributed by atoms with Crippen molar-refractivity contribution in [3.63, 3.8) is 0 Å². The lowest BCUT2D eigenvalue weighted by atomic mass is 10.2. The SMILES string of the molecule is CCNC(=NCc1cccc(OCC(F)(F)F)c1)NCC1CC1. The Morgan fingerprint density at radius 2 is 2.09 bits per heavy atom. The summed E-state index contributed by atoms with van der Waals surface area (Å²) in [6.45, 7) is 2.74. The van der Waals surface area contributed by atoms with E-state index < -0.39 is 12.8 Å². The number of guanidine groups is 1. The van der Waals surface area contributed by atoms with E-state index in [9.17, 15) is 13.2 Å². The van der Waals surface area contributed by atoms with E-state index in [-0.39, 0.29) is 5.75 Å². The summed E-state index contributed by atoms with van der Waals surface area (Å²) < 4.78 is 41.3. The Bertz CT molecular complexity index is 528. The van der Waals surface area contributed by atoms with Gasteiger partial charge in [-0.2, -0.15) is 13.2 Å². The van der Waals surface area contributed by atoms with Crippen LogP contribution in [0.5, 0.6) is 5.75 Å². The van der Waals surface area contributed by atoms with Crippen LogP contribution < -0.4 is 15.4 Å². The average molecular weight is 329 g/mol. The number of rotatable bonds is 7. The van der Waals surface area contributed by atoms with Gasteiger partial charge in [0.2, 0.25) is 0 Å². The van der Waals surface area contributed by atoms with Gasteiger partial charge in [0.05, 0.1) is 6.54 Å². The predicted octanol–water partition coefficient (Wildman–Crippen LogP) is 3.09. The van der Waals surface area contributed by atoms with E-state index in [4.69, 9.17) is 4.74 Å². The number of nitrogens with zero attached hydrogens (tertiary/aromatic N) is 1. The zero-order valence-electron chi connectivity index (χ0n) is 13.1. The minimum absolute atomic E-state index is 0.200. The molecule has 0 atom stereocenters. The Morgan fingerprint density at radius 3 is 2.74 bits per heavy atom. The minimum Gasteiger partial charge on any atom is -0.484 e. The highest BCUT2D eigenvalue weighted by Gasteiger charge is 2.28. The third-order valence-corrected chi connectivity index (χ3v) is 3.32. The quantitative estimate of drug-likeness (QED) is 0.597. The van der Waals surface area contributed by atoms with E-state index in [0.717, 1.165) is 30.5 Å².